The monoisotopic (exact) mass is 402 g/mol. The van der Waals surface area contributed by atoms with Gasteiger partial charge in [-0.05, 0) is 43.5 Å². The van der Waals surface area contributed by atoms with Crippen LogP contribution in [-0.4, -0.2) is 62.1 Å². The largest absolute Gasteiger partial charge is 0.497 e. The maximum atomic E-state index is 12.4. The van der Waals surface area contributed by atoms with Crippen molar-refractivity contribution in [1.82, 2.24) is 10.2 Å². The first kappa shape index (κ1) is 21.8. The number of hydrogen-bond acceptors (Lipinski definition) is 5. The lowest BCUT2D eigenvalue weighted by Crippen LogP contribution is -2.59. The van der Waals surface area contributed by atoms with Crippen LogP contribution >= 0.6 is 0 Å². The van der Waals surface area contributed by atoms with Crippen LogP contribution in [0, 0.1) is 0 Å². The molecule has 2 aliphatic rings. The molecule has 1 aliphatic carbocycles. The molecule has 0 radical (unpaired) electrons. The molecule has 6 nitrogen and oxygen atoms in total. The van der Waals surface area contributed by atoms with E-state index in [0.717, 1.165) is 44.9 Å². The van der Waals surface area contributed by atoms with Crippen molar-refractivity contribution in [3.05, 3.63) is 29.8 Å². The summed E-state index contributed by atoms with van der Waals surface area (Å²) in [6, 6.07) is 7.12. The topological polar surface area (TPSA) is 67.9 Å². The number of Topliss-reactive ketones (excluding diaryl/α,β-unsaturated/α-hetero) is 1. The smallest absolute Gasteiger partial charge is 0.220 e. The Balaban J connectivity index is 1.43. The van der Waals surface area contributed by atoms with Gasteiger partial charge in [-0.1, -0.05) is 19.3 Å². The number of rotatable bonds is 9. The molecule has 1 aromatic carbocycles. The Kier molecular flexibility index (Phi) is 8.07. The maximum absolute atomic E-state index is 12.4. The number of benzene rings is 1. The van der Waals surface area contributed by atoms with Crippen molar-refractivity contribution >= 4 is 11.7 Å². The fourth-order valence-electron chi connectivity index (χ4n) is 4.53. The van der Waals surface area contributed by atoms with Crippen LogP contribution in [0.3, 0.4) is 0 Å². The Morgan fingerprint density at radius 2 is 1.76 bits per heavy atom. The predicted molar refractivity (Wildman–Crippen MR) is 112 cm³/mol. The van der Waals surface area contributed by atoms with E-state index in [2.05, 4.69) is 10.2 Å². The van der Waals surface area contributed by atoms with Crippen molar-refractivity contribution in [3.63, 3.8) is 0 Å². The molecule has 1 saturated carbocycles. The van der Waals surface area contributed by atoms with Crippen molar-refractivity contribution in [3.8, 4) is 5.75 Å². The molecule has 6 heteroatoms. The zero-order valence-electron chi connectivity index (χ0n) is 17.6. The molecule has 1 heterocycles. The molecule has 1 aliphatic heterocycles. The Labute approximate surface area is 173 Å². The Bertz CT molecular complexity index is 662. The van der Waals surface area contributed by atoms with Crippen molar-refractivity contribution in [2.45, 2.75) is 56.9 Å². The van der Waals surface area contributed by atoms with Crippen molar-refractivity contribution < 1.29 is 19.1 Å². The third kappa shape index (κ3) is 6.03. The molecule has 160 valence electrons. The molecule has 1 aromatic rings. The number of methoxy groups -OCH3 is 1. The molecule has 29 heavy (non-hydrogen) atoms. The number of carbonyl (C=O) groups excluding carboxylic acids is 2. The van der Waals surface area contributed by atoms with Crippen LogP contribution in [0.25, 0.3) is 0 Å². The van der Waals surface area contributed by atoms with Gasteiger partial charge in [-0.15, -0.1) is 0 Å². The molecule has 1 saturated heterocycles. The van der Waals surface area contributed by atoms with Gasteiger partial charge >= 0.3 is 0 Å². The zero-order valence-corrected chi connectivity index (χ0v) is 17.6. The van der Waals surface area contributed by atoms with Gasteiger partial charge in [0.15, 0.2) is 5.78 Å². The van der Waals surface area contributed by atoms with E-state index in [1.807, 2.05) is 0 Å². The molecule has 0 atom stereocenters. The van der Waals surface area contributed by atoms with E-state index in [0.29, 0.717) is 31.4 Å². The highest BCUT2D eigenvalue weighted by Gasteiger charge is 2.38. The van der Waals surface area contributed by atoms with Crippen LogP contribution in [0.2, 0.25) is 0 Å². The molecule has 0 unspecified atom stereocenters. The number of ketones is 1. The van der Waals surface area contributed by atoms with Crippen LogP contribution in [0.4, 0.5) is 0 Å². The second-order valence-corrected chi connectivity index (χ2v) is 8.17. The number of hydrogen-bond donors (Lipinski definition) is 1. The number of carbonyl (C=O) groups is 2. The summed E-state index contributed by atoms with van der Waals surface area (Å²) < 4.78 is 10.6. The fourth-order valence-corrected chi connectivity index (χ4v) is 4.53. The molecular weight excluding hydrogens is 368 g/mol. The number of morpholine rings is 1. The van der Waals surface area contributed by atoms with Crippen LogP contribution in [0.1, 0.15) is 61.7 Å². The molecule has 2 fully saturated rings. The minimum atomic E-state index is 0.0470. The Morgan fingerprint density at radius 1 is 1.07 bits per heavy atom. The lowest BCUT2D eigenvalue weighted by atomic mass is 9.79. The summed E-state index contributed by atoms with van der Waals surface area (Å²) in [4.78, 5) is 27.3. The second-order valence-electron chi connectivity index (χ2n) is 8.17. The van der Waals surface area contributed by atoms with Gasteiger partial charge in [0.1, 0.15) is 5.75 Å². The average Bonchev–Trinajstić information content (AvgIpc) is 2.79. The van der Waals surface area contributed by atoms with Gasteiger partial charge in [0.25, 0.3) is 0 Å². The standard InChI is InChI=1S/C23H34N2O4/c1-28-20-10-8-19(9-11-20)21(26)6-5-7-22(27)24-18-23(12-3-2-4-13-23)25-14-16-29-17-15-25/h8-11H,2-7,12-18H2,1H3,(H,24,27). The van der Waals surface area contributed by atoms with Gasteiger partial charge in [0.05, 0.1) is 20.3 Å². The number of amides is 1. The lowest BCUT2D eigenvalue weighted by molar-refractivity contribution is -0.122. The molecule has 0 aromatic heterocycles. The minimum Gasteiger partial charge on any atom is -0.497 e. The first-order chi connectivity index (χ1) is 14.1. The van der Waals surface area contributed by atoms with E-state index in [9.17, 15) is 9.59 Å². The molecule has 0 spiro atoms. The lowest BCUT2D eigenvalue weighted by Gasteiger charge is -2.48. The van der Waals surface area contributed by atoms with Gasteiger partial charge in [-0.25, -0.2) is 0 Å². The zero-order chi connectivity index (χ0) is 20.5. The summed E-state index contributed by atoms with van der Waals surface area (Å²) in [5.74, 6) is 0.848. The maximum Gasteiger partial charge on any atom is 0.220 e. The molecule has 0 bridgehead atoms. The highest BCUT2D eigenvalue weighted by atomic mass is 16.5. The van der Waals surface area contributed by atoms with E-state index >= 15 is 0 Å². The van der Waals surface area contributed by atoms with E-state index in [1.165, 1.54) is 19.3 Å². The third-order valence-electron chi connectivity index (χ3n) is 6.30. The summed E-state index contributed by atoms with van der Waals surface area (Å²) in [5.41, 5.74) is 0.746. The van der Waals surface area contributed by atoms with E-state index in [1.54, 1.807) is 31.4 Å². The summed E-state index contributed by atoms with van der Waals surface area (Å²) in [6.45, 7) is 4.17. The molecule has 1 N–H and O–H groups in total. The molecular formula is C23H34N2O4. The van der Waals surface area contributed by atoms with Gasteiger partial charge in [0, 0.05) is 43.6 Å². The van der Waals surface area contributed by atoms with Gasteiger partial charge in [-0.3, -0.25) is 14.5 Å². The van der Waals surface area contributed by atoms with E-state index in [-0.39, 0.29) is 17.2 Å². The second kappa shape index (κ2) is 10.7. The summed E-state index contributed by atoms with van der Waals surface area (Å²) in [7, 11) is 1.60. The van der Waals surface area contributed by atoms with Gasteiger partial charge in [0.2, 0.25) is 5.91 Å². The van der Waals surface area contributed by atoms with Crippen LogP contribution in [0.5, 0.6) is 5.75 Å². The summed E-state index contributed by atoms with van der Waals surface area (Å²) >= 11 is 0. The summed E-state index contributed by atoms with van der Waals surface area (Å²) in [5, 5.41) is 3.17. The molecule has 1 amide bonds. The van der Waals surface area contributed by atoms with Gasteiger partial charge < -0.3 is 14.8 Å². The summed E-state index contributed by atoms with van der Waals surface area (Å²) in [6.07, 6.45) is 7.36. The van der Waals surface area contributed by atoms with Crippen molar-refractivity contribution in [1.29, 1.82) is 0 Å². The van der Waals surface area contributed by atoms with Crippen LogP contribution in [-0.2, 0) is 9.53 Å². The number of ether oxygens (including phenoxy) is 2. The van der Waals surface area contributed by atoms with Crippen LogP contribution in [0.15, 0.2) is 24.3 Å². The quantitative estimate of drug-likeness (QED) is 0.643. The van der Waals surface area contributed by atoms with Crippen molar-refractivity contribution in [2.75, 3.05) is 40.0 Å². The SMILES string of the molecule is COc1ccc(C(=O)CCCC(=O)NCC2(N3CCOCC3)CCCCC2)cc1. The van der Waals surface area contributed by atoms with Crippen molar-refractivity contribution in [2.24, 2.45) is 0 Å². The Morgan fingerprint density at radius 3 is 2.41 bits per heavy atom. The van der Waals surface area contributed by atoms with Gasteiger partial charge in [-0.2, -0.15) is 0 Å². The average molecular weight is 403 g/mol. The highest BCUT2D eigenvalue weighted by Crippen LogP contribution is 2.33. The first-order valence-corrected chi connectivity index (χ1v) is 10.9. The van der Waals surface area contributed by atoms with E-state index in [4.69, 9.17) is 9.47 Å². The number of nitrogens with one attached hydrogen (secondary N) is 1. The van der Waals surface area contributed by atoms with E-state index < -0.39 is 0 Å². The number of nitrogens with zero attached hydrogens (tertiary/aromatic N) is 1. The normalized spacial score (nSPS) is 19.5. The third-order valence-corrected chi connectivity index (χ3v) is 6.30. The van der Waals surface area contributed by atoms with Crippen LogP contribution < -0.4 is 10.1 Å². The first-order valence-electron chi connectivity index (χ1n) is 10.9. The predicted octanol–water partition coefficient (Wildman–Crippen LogP) is 3.20. The Hall–Kier alpha value is -1.92. The fraction of sp³-hybridized carbons (Fsp3) is 0.652. The molecule has 3 rings (SSSR count). The highest BCUT2D eigenvalue weighted by molar-refractivity contribution is 5.96. The minimum absolute atomic E-state index is 0.0470.